The maximum Gasteiger partial charge on any atom is 0.420 e. The molecule has 0 aliphatic heterocycles. The first-order chi connectivity index (χ1) is 26.0. The largest absolute Gasteiger partial charge is 0.443 e. The Morgan fingerprint density at radius 1 is 0.909 bits per heavy atom. The highest BCUT2D eigenvalue weighted by Crippen LogP contribution is 2.47. The van der Waals surface area contributed by atoms with Gasteiger partial charge in [-0.25, -0.2) is 29.6 Å². The van der Waals surface area contributed by atoms with Crippen molar-refractivity contribution in [3.8, 4) is 0 Å². The Morgan fingerprint density at radius 3 is 2.11 bits per heavy atom. The third-order valence-electron chi connectivity index (χ3n) is 11.6. The van der Waals surface area contributed by atoms with Gasteiger partial charge in [-0.15, -0.1) is 0 Å². The summed E-state index contributed by atoms with van der Waals surface area (Å²) in [6.45, 7) is 20.3. The first-order valence-electron chi connectivity index (χ1n) is 20.4. The minimum absolute atomic E-state index is 0.0146. The third kappa shape index (κ3) is 10.0. The number of carbonyl (C=O) groups excluding carboxylic acids is 1. The van der Waals surface area contributed by atoms with Crippen LogP contribution >= 0.6 is 11.6 Å². The van der Waals surface area contributed by atoms with E-state index >= 15 is 4.39 Å². The van der Waals surface area contributed by atoms with Gasteiger partial charge in [0.2, 0.25) is 5.95 Å². The monoisotopic (exact) mass is 776 g/mol. The lowest BCUT2D eigenvalue weighted by atomic mass is 9.60. The van der Waals surface area contributed by atoms with Crippen molar-refractivity contribution in [2.24, 2.45) is 23.2 Å². The quantitative estimate of drug-likeness (QED) is 0.0792. The highest BCUT2D eigenvalue weighted by atomic mass is 35.5. The van der Waals surface area contributed by atoms with Crippen LogP contribution in [0.5, 0.6) is 0 Å². The fourth-order valence-corrected chi connectivity index (χ4v) is 8.87. The number of carbonyl (C=O) groups is 1. The van der Waals surface area contributed by atoms with Crippen LogP contribution in [0.3, 0.4) is 0 Å². The molecule has 11 heteroatoms. The van der Waals surface area contributed by atoms with Crippen molar-refractivity contribution in [2.75, 3.05) is 4.90 Å². The Labute approximate surface area is 332 Å². The van der Waals surface area contributed by atoms with Gasteiger partial charge in [-0.2, -0.15) is 4.39 Å². The summed E-state index contributed by atoms with van der Waals surface area (Å²) in [4.78, 5) is 32.0. The molecular weight excluding hydrogens is 715 g/mol. The molecule has 300 valence electrons. The number of anilines is 2. The van der Waals surface area contributed by atoms with E-state index in [0.717, 1.165) is 53.9 Å². The molecule has 1 amide bonds. The zero-order chi connectivity index (χ0) is 40.1. The number of ether oxygens (including phenoxy) is 1. The number of aliphatic hydroxyl groups excluding tert-OH is 1. The zero-order valence-corrected chi connectivity index (χ0v) is 35.2. The normalized spacial score (nSPS) is 14.4. The number of fused-ring (bicyclic) bond motifs is 1. The molecule has 4 heterocycles. The van der Waals surface area contributed by atoms with Gasteiger partial charge in [0.15, 0.2) is 0 Å². The van der Waals surface area contributed by atoms with E-state index in [1.807, 2.05) is 6.20 Å². The average Bonchev–Trinajstić information content (AvgIpc) is 3.89. The number of halogens is 2. The number of nitrogens with zero attached hydrogens (tertiary/aromatic N) is 6. The van der Waals surface area contributed by atoms with E-state index < -0.39 is 23.7 Å². The molecule has 5 rings (SSSR count). The minimum atomic E-state index is -1.33. The summed E-state index contributed by atoms with van der Waals surface area (Å²) < 4.78 is 23.7. The van der Waals surface area contributed by atoms with Gasteiger partial charge in [0, 0.05) is 35.2 Å². The van der Waals surface area contributed by atoms with E-state index in [1.165, 1.54) is 62.9 Å². The van der Waals surface area contributed by atoms with Crippen LogP contribution in [-0.4, -0.2) is 41.3 Å². The van der Waals surface area contributed by atoms with E-state index in [4.69, 9.17) is 16.3 Å². The van der Waals surface area contributed by atoms with Crippen LogP contribution in [0, 0.1) is 29.1 Å². The Balaban J connectivity index is 1.28. The van der Waals surface area contributed by atoms with E-state index in [-0.39, 0.29) is 16.5 Å². The second-order valence-electron chi connectivity index (χ2n) is 17.4. The number of hydrogen-bond donors (Lipinski definition) is 1. The van der Waals surface area contributed by atoms with Crippen molar-refractivity contribution in [2.45, 2.75) is 151 Å². The maximum atomic E-state index is 16.0. The molecule has 1 saturated carbocycles. The predicted molar refractivity (Wildman–Crippen MR) is 219 cm³/mol. The van der Waals surface area contributed by atoms with Crippen molar-refractivity contribution in [3.05, 3.63) is 70.9 Å². The highest BCUT2D eigenvalue weighted by molar-refractivity contribution is 6.29. The summed E-state index contributed by atoms with van der Waals surface area (Å²) in [5, 5.41) is 12.8. The number of aromatic nitrogens is 5. The first kappa shape index (κ1) is 42.5. The number of pyridine rings is 2. The predicted octanol–water partition coefficient (Wildman–Crippen LogP) is 12.1. The fraction of sp³-hybridized carbons (Fsp3) is 0.614. The van der Waals surface area contributed by atoms with Crippen molar-refractivity contribution in [1.29, 1.82) is 0 Å². The van der Waals surface area contributed by atoms with Gasteiger partial charge in [-0.3, -0.25) is 0 Å². The van der Waals surface area contributed by atoms with Crippen LogP contribution in [0.25, 0.3) is 11.0 Å². The molecule has 1 unspecified atom stereocenters. The van der Waals surface area contributed by atoms with Gasteiger partial charge in [0.1, 0.15) is 34.7 Å². The molecule has 0 radical (unpaired) electrons. The van der Waals surface area contributed by atoms with E-state index in [1.54, 1.807) is 33.2 Å². The summed E-state index contributed by atoms with van der Waals surface area (Å²) in [7, 11) is 0. The summed E-state index contributed by atoms with van der Waals surface area (Å²) in [5.41, 5.74) is 2.07. The molecule has 4 aromatic rings. The lowest BCUT2D eigenvalue weighted by Crippen LogP contribution is -2.38. The van der Waals surface area contributed by atoms with Gasteiger partial charge in [-0.1, -0.05) is 91.7 Å². The number of amides is 1. The number of aliphatic hydroxyl groups is 1. The molecule has 1 aliphatic rings. The number of aryl methyl sites for hydroxylation is 1. The second-order valence-corrected chi connectivity index (χ2v) is 17.8. The molecule has 1 atom stereocenters. The van der Waals surface area contributed by atoms with Crippen molar-refractivity contribution >= 4 is 40.2 Å². The molecule has 0 saturated heterocycles. The summed E-state index contributed by atoms with van der Waals surface area (Å²) in [6, 6.07) is 6.06. The Morgan fingerprint density at radius 2 is 1.55 bits per heavy atom. The van der Waals surface area contributed by atoms with Gasteiger partial charge >= 0.3 is 6.09 Å². The van der Waals surface area contributed by atoms with Crippen LogP contribution in [0.1, 0.15) is 155 Å². The lowest BCUT2D eigenvalue weighted by molar-refractivity contribution is 0.0356. The molecule has 55 heavy (non-hydrogen) atoms. The van der Waals surface area contributed by atoms with Crippen LogP contribution in [0.2, 0.25) is 5.15 Å². The van der Waals surface area contributed by atoms with Crippen molar-refractivity contribution < 1.29 is 19.0 Å². The maximum absolute atomic E-state index is 16.0. The molecule has 0 bridgehead atoms. The summed E-state index contributed by atoms with van der Waals surface area (Å²) >= 11 is 6.00. The van der Waals surface area contributed by atoms with E-state index in [0.29, 0.717) is 40.3 Å². The van der Waals surface area contributed by atoms with Crippen LogP contribution in [0.15, 0.2) is 43.0 Å². The van der Waals surface area contributed by atoms with Crippen molar-refractivity contribution in [1.82, 2.24) is 24.5 Å². The Hall–Kier alpha value is -3.63. The Bertz CT molecular complexity index is 1860. The summed E-state index contributed by atoms with van der Waals surface area (Å²) in [5.74, 6) is 1.41. The van der Waals surface area contributed by atoms with E-state index in [2.05, 4.69) is 66.0 Å². The molecular formula is C44H62ClFN6O3. The fourth-order valence-electron chi connectivity index (χ4n) is 8.76. The van der Waals surface area contributed by atoms with Gasteiger partial charge in [-0.05, 0) is 93.9 Å². The lowest BCUT2D eigenvalue weighted by Gasteiger charge is -2.45. The average molecular weight is 777 g/mol. The standard InChI is InChI=1S/C44H62ClFN6O3/c1-28(2)44(29(3)4,30(5)6)23-15-13-11-10-12-14-16-24-51-26-34(37-38(31-17-18-31)48-27-49-41(37)51)39(53)33-20-22-36(50-40(33)46)52(42(54)55-43(7,8)9)32-19-21-35(45)47-25-32/h19-22,25-31,39,53H,10-18,23-24H2,1-9H3. The molecule has 1 N–H and O–H groups in total. The first-order valence-corrected chi connectivity index (χ1v) is 20.8. The molecule has 1 fully saturated rings. The third-order valence-corrected chi connectivity index (χ3v) is 11.9. The number of hydrogen-bond acceptors (Lipinski definition) is 7. The number of rotatable bonds is 18. The zero-order valence-electron chi connectivity index (χ0n) is 34.4. The molecule has 0 aromatic carbocycles. The van der Waals surface area contributed by atoms with Crippen LogP contribution in [0.4, 0.5) is 20.7 Å². The van der Waals surface area contributed by atoms with Crippen LogP contribution in [-0.2, 0) is 11.3 Å². The smallest absolute Gasteiger partial charge is 0.420 e. The van der Waals surface area contributed by atoms with Crippen molar-refractivity contribution in [3.63, 3.8) is 0 Å². The summed E-state index contributed by atoms with van der Waals surface area (Å²) in [6.07, 6.45) is 14.5. The molecule has 0 spiro atoms. The second kappa shape index (κ2) is 18.1. The van der Waals surface area contributed by atoms with Gasteiger partial charge < -0.3 is 14.4 Å². The van der Waals surface area contributed by atoms with E-state index in [9.17, 15) is 9.90 Å². The molecule has 9 nitrogen and oxygen atoms in total. The topological polar surface area (TPSA) is 106 Å². The van der Waals surface area contributed by atoms with Gasteiger partial charge in [0.25, 0.3) is 0 Å². The molecule has 1 aliphatic carbocycles. The Kier molecular flexibility index (Phi) is 14.0. The minimum Gasteiger partial charge on any atom is -0.443 e. The highest BCUT2D eigenvalue weighted by Gasteiger charge is 2.39. The van der Waals surface area contributed by atoms with Gasteiger partial charge in [0.05, 0.1) is 17.6 Å². The molecule has 4 aromatic heterocycles. The number of unbranched alkanes of at least 4 members (excludes halogenated alkanes) is 6. The SMILES string of the molecule is CC(C)C(CCCCCCCCCn1cc(C(O)c2ccc(N(C(=O)OC(C)(C)C)c3ccc(Cl)nc3)nc2F)c2c(C3CC3)ncnc21)(C(C)C)C(C)C. The van der Waals surface area contributed by atoms with Crippen LogP contribution < -0.4 is 4.90 Å².